The molecule has 2 atom stereocenters. The van der Waals surface area contributed by atoms with Crippen LogP contribution >= 0.6 is 27.0 Å². The van der Waals surface area contributed by atoms with Gasteiger partial charge in [-0.15, -0.1) is 0 Å². The molecule has 6 aromatic rings. The summed E-state index contributed by atoms with van der Waals surface area (Å²) in [5.74, 6) is -24.9. The monoisotopic (exact) mass is 1250 g/mol. The number of esters is 1. The molecule has 2 fully saturated rings. The maximum absolute atomic E-state index is 14.0. The lowest BCUT2D eigenvalue weighted by Gasteiger charge is -2.32. The second kappa shape index (κ2) is 30.1. The molecule has 0 saturated carbocycles. The van der Waals surface area contributed by atoms with Crippen molar-refractivity contribution in [1.29, 1.82) is 0 Å². The predicted molar refractivity (Wildman–Crippen MR) is 302 cm³/mol. The van der Waals surface area contributed by atoms with Crippen LogP contribution in [-0.2, 0) is 33.5 Å². The summed E-state index contributed by atoms with van der Waals surface area (Å²) >= 11 is 0. The molecule has 86 heavy (non-hydrogen) atoms. The Morgan fingerprint density at radius 1 is 0.558 bits per heavy atom. The van der Waals surface area contributed by atoms with Crippen LogP contribution in [0.2, 0.25) is 0 Å². The Balaban J connectivity index is 0.000000308. The van der Waals surface area contributed by atoms with Crippen molar-refractivity contribution in [3.05, 3.63) is 143 Å². The maximum Gasteiger partial charge on any atom is 0.308 e. The number of likely N-dealkylation sites (tertiary alicyclic amines) is 2. The number of rotatable bonds is 18. The van der Waals surface area contributed by atoms with E-state index in [0.29, 0.717) is 16.5 Å². The number of Topliss-reactive ketones (excluding diaryl/α,β-unsaturated/α-hetero) is 2. The highest BCUT2D eigenvalue weighted by Crippen LogP contribution is 2.30. The Kier molecular flexibility index (Phi) is 23.9. The van der Waals surface area contributed by atoms with Crippen LogP contribution in [-0.4, -0.2) is 129 Å². The second-order valence-corrected chi connectivity index (χ2v) is 20.5. The lowest BCUT2D eigenvalue weighted by atomic mass is 9.94. The summed E-state index contributed by atoms with van der Waals surface area (Å²) in [5.41, 5.74) is -0.353. The molecule has 0 spiro atoms. The van der Waals surface area contributed by atoms with Gasteiger partial charge in [-0.3, -0.25) is 48.3 Å². The van der Waals surface area contributed by atoms with Gasteiger partial charge in [0.2, 0.25) is 35.1 Å². The Labute approximate surface area is 499 Å². The molecular formula is C58H58F8N6O12S2. The highest BCUT2D eigenvalue weighted by molar-refractivity contribution is 7.59. The van der Waals surface area contributed by atoms with Gasteiger partial charge < -0.3 is 39.8 Å². The van der Waals surface area contributed by atoms with Crippen molar-refractivity contribution in [3.63, 3.8) is 0 Å². The molecule has 0 aliphatic carbocycles. The Morgan fingerprint density at radius 3 is 1.26 bits per heavy atom. The molecule has 0 radical (unpaired) electrons. The number of ketones is 2. The summed E-state index contributed by atoms with van der Waals surface area (Å²) in [6.45, 7) is 3.34. The lowest BCUT2D eigenvalue weighted by molar-refractivity contribution is -0.156. The number of carboxylic acid groups (broad SMARTS) is 1. The minimum atomic E-state index is -1.87. The van der Waals surface area contributed by atoms with Crippen molar-refractivity contribution in [2.45, 2.75) is 77.0 Å². The number of nitrogens with zero attached hydrogens (tertiary/aromatic N) is 4. The van der Waals surface area contributed by atoms with Crippen molar-refractivity contribution in [2.75, 3.05) is 39.4 Å². The van der Waals surface area contributed by atoms with Gasteiger partial charge in [-0.05, 0) is 69.4 Å². The van der Waals surface area contributed by atoms with Crippen molar-refractivity contribution >= 4 is 95.7 Å². The Morgan fingerprint density at radius 2 is 0.907 bits per heavy atom. The number of piperidine rings is 2. The molecule has 2 aliphatic heterocycles. The third kappa shape index (κ3) is 17.2. The number of benzene rings is 4. The quantitative estimate of drug-likeness (QED) is 0.0420. The number of carbonyl (C=O) groups is 8. The average Bonchev–Trinajstić information content (AvgIpc) is 1.72. The first kappa shape index (κ1) is 68.4. The first-order valence-corrected chi connectivity index (χ1v) is 26.1. The fourth-order valence-corrected chi connectivity index (χ4v) is 9.21. The standard InChI is InChI=1S/C31H31F4N3O6.C27H23F4N3O6.2H2S/c1-31(2,3)44-24(40)15-22(23(39)16-43-28-25(34)20(32)14-21(33)26(28)35)37-29(41)18-9-12-38(13-10-18)30(42)27-19-7-5-4-6-17(19)8-11-36-27;28-17-11-18(29)23(31)25(22(17)30)40-13-20(35)19(12-21(36)37)33-26(38)15-6-9-34(10-7-15)27(39)24-16-4-2-1-3-14(16)5-8-32-24;;/h4-8,11,14,18,22H,9-10,12-13,15-16H2,1-3H3,(H,37,41);1-5,8,11,15,19H,6-7,9-10,12-13H2,(H,33,38)(H,36,37);2*1H2/t22-;19-;;/m00../s1. The molecule has 2 aliphatic rings. The van der Waals surface area contributed by atoms with Gasteiger partial charge in [0.15, 0.2) is 46.3 Å². The van der Waals surface area contributed by atoms with Gasteiger partial charge in [0, 0.05) is 73.3 Å². The third-order valence-corrected chi connectivity index (χ3v) is 13.5. The summed E-state index contributed by atoms with van der Waals surface area (Å²) in [4.78, 5) is 113. The van der Waals surface area contributed by atoms with Gasteiger partial charge in [0.1, 0.15) is 42.3 Å². The van der Waals surface area contributed by atoms with Crippen molar-refractivity contribution in [1.82, 2.24) is 30.4 Å². The van der Waals surface area contributed by atoms with Crippen LogP contribution in [0.1, 0.15) is 80.3 Å². The molecule has 4 amide bonds. The molecule has 2 aromatic heterocycles. The van der Waals surface area contributed by atoms with Gasteiger partial charge in [-0.2, -0.15) is 44.6 Å². The lowest BCUT2D eigenvalue weighted by Crippen LogP contribution is -2.49. The van der Waals surface area contributed by atoms with Crippen LogP contribution in [0, 0.1) is 58.4 Å². The minimum absolute atomic E-state index is 0. The molecule has 8 rings (SSSR count). The highest BCUT2D eigenvalue weighted by Gasteiger charge is 2.36. The molecule has 28 heteroatoms. The smallest absolute Gasteiger partial charge is 0.308 e. The van der Waals surface area contributed by atoms with Crippen LogP contribution in [0.3, 0.4) is 0 Å². The zero-order chi connectivity index (χ0) is 61.2. The van der Waals surface area contributed by atoms with E-state index in [-0.39, 0.29) is 108 Å². The fourth-order valence-electron chi connectivity index (χ4n) is 9.21. The minimum Gasteiger partial charge on any atom is -0.481 e. The van der Waals surface area contributed by atoms with Gasteiger partial charge in [0.05, 0.1) is 12.8 Å². The van der Waals surface area contributed by atoms with Gasteiger partial charge in [-0.1, -0.05) is 48.5 Å². The van der Waals surface area contributed by atoms with Gasteiger partial charge in [0.25, 0.3) is 11.8 Å². The number of fused-ring (bicyclic) bond motifs is 2. The summed E-state index contributed by atoms with van der Waals surface area (Å²) in [6, 6.07) is 14.9. The van der Waals surface area contributed by atoms with E-state index in [2.05, 4.69) is 25.3 Å². The highest BCUT2D eigenvalue weighted by atomic mass is 32.1. The van der Waals surface area contributed by atoms with E-state index in [1.807, 2.05) is 24.3 Å². The Hall–Kier alpha value is -8.40. The van der Waals surface area contributed by atoms with Crippen LogP contribution in [0.5, 0.6) is 11.5 Å². The number of carbonyl (C=O) groups excluding carboxylic acids is 7. The van der Waals surface area contributed by atoms with E-state index in [4.69, 9.17) is 14.6 Å². The number of halogens is 8. The molecule has 4 aromatic carbocycles. The molecule has 0 unspecified atom stereocenters. The van der Waals surface area contributed by atoms with Crippen LogP contribution < -0.4 is 20.1 Å². The summed E-state index contributed by atoms with van der Waals surface area (Å²) in [5, 5.41) is 17.0. The van der Waals surface area contributed by atoms with E-state index in [1.165, 1.54) is 6.20 Å². The molecular weight excluding hydrogens is 1190 g/mol. The molecule has 0 bridgehead atoms. The molecule has 4 heterocycles. The fraction of sp³-hybridized carbons (Fsp3) is 0.345. The summed E-state index contributed by atoms with van der Waals surface area (Å²) in [7, 11) is 0. The van der Waals surface area contributed by atoms with E-state index in [1.54, 1.807) is 73.2 Å². The number of carboxylic acids is 1. The van der Waals surface area contributed by atoms with Crippen molar-refractivity contribution < 1.29 is 92.8 Å². The topological polar surface area (TPSA) is 241 Å². The maximum atomic E-state index is 14.0. The number of amides is 4. The summed E-state index contributed by atoms with van der Waals surface area (Å²) in [6.07, 6.45) is 2.48. The number of hydrogen-bond acceptors (Lipinski definition) is 13. The number of ether oxygens (including phenoxy) is 3. The number of aromatic nitrogens is 2. The van der Waals surface area contributed by atoms with Crippen LogP contribution in [0.15, 0.2) is 85.2 Å². The van der Waals surface area contributed by atoms with E-state index in [0.717, 1.165) is 10.8 Å². The number of hydrogen-bond donors (Lipinski definition) is 3. The largest absolute Gasteiger partial charge is 0.481 e. The Bertz CT molecular complexity index is 3470. The number of aliphatic carboxylic acids is 1. The molecule has 3 N–H and O–H groups in total. The molecule has 18 nitrogen and oxygen atoms in total. The number of pyridine rings is 2. The van der Waals surface area contributed by atoms with Gasteiger partial charge in [-0.25, -0.2) is 17.6 Å². The average molecular weight is 1250 g/mol. The zero-order valence-electron chi connectivity index (χ0n) is 46.1. The summed E-state index contributed by atoms with van der Waals surface area (Å²) < 4.78 is 124. The number of nitrogens with one attached hydrogen (secondary N) is 2. The molecule has 2 saturated heterocycles. The SMILES string of the molecule is CC(C)(C)OC(=O)C[C@H](NC(=O)C1CCN(C(=O)c2nccc3ccccc23)CC1)C(=O)COc1c(F)c(F)cc(F)c1F.O=C(O)C[C@H](NC(=O)C1CCN(C(=O)c2nccc3ccccc23)CC1)C(=O)COc1c(F)c(F)cc(F)c1F.S.S. The molecule has 460 valence electrons. The van der Waals surface area contributed by atoms with Crippen LogP contribution in [0.4, 0.5) is 35.1 Å². The first-order valence-electron chi connectivity index (χ1n) is 26.1. The first-order chi connectivity index (χ1) is 39.8. The second-order valence-electron chi connectivity index (χ2n) is 20.5. The van der Waals surface area contributed by atoms with Gasteiger partial charge >= 0.3 is 11.9 Å². The van der Waals surface area contributed by atoms with Crippen molar-refractivity contribution in [2.24, 2.45) is 11.8 Å². The van der Waals surface area contributed by atoms with E-state index in [9.17, 15) is 73.5 Å². The normalized spacial score (nSPS) is 14.3. The zero-order valence-corrected chi connectivity index (χ0v) is 48.1. The van der Waals surface area contributed by atoms with E-state index < -0.39 is 149 Å². The van der Waals surface area contributed by atoms with Crippen LogP contribution in [0.25, 0.3) is 21.5 Å². The predicted octanol–water partition coefficient (Wildman–Crippen LogP) is 7.98. The third-order valence-electron chi connectivity index (χ3n) is 13.5. The van der Waals surface area contributed by atoms with Crippen molar-refractivity contribution in [3.8, 4) is 11.5 Å². The van der Waals surface area contributed by atoms with E-state index >= 15 is 0 Å².